The van der Waals surface area contributed by atoms with E-state index in [4.69, 9.17) is 4.42 Å². The van der Waals surface area contributed by atoms with Gasteiger partial charge in [0.1, 0.15) is 5.76 Å². The highest BCUT2D eigenvalue weighted by Crippen LogP contribution is 2.25. The molecule has 13 heavy (non-hydrogen) atoms. The summed E-state index contributed by atoms with van der Waals surface area (Å²) in [7, 11) is 0. The largest absolute Gasteiger partial charge is 0.468 e. The first-order valence-electron chi connectivity index (χ1n) is 4.01. The second kappa shape index (κ2) is 3.70. The third-order valence-corrected chi connectivity index (χ3v) is 2.97. The number of nitrogens with one attached hydrogen (secondary N) is 1. The summed E-state index contributed by atoms with van der Waals surface area (Å²) in [4.78, 5) is 1.20. The normalized spacial score (nSPS) is 10.5. The first-order valence-corrected chi connectivity index (χ1v) is 4.99. The second-order valence-electron chi connectivity index (χ2n) is 2.74. The van der Waals surface area contributed by atoms with Crippen LogP contribution >= 0.6 is 11.8 Å². The van der Waals surface area contributed by atoms with Crippen molar-refractivity contribution in [2.75, 3.05) is 0 Å². The number of aryl methyl sites for hydroxylation is 1. The zero-order valence-electron chi connectivity index (χ0n) is 7.28. The maximum absolute atomic E-state index is 5.19. The first kappa shape index (κ1) is 8.44. The van der Waals surface area contributed by atoms with E-state index in [-0.39, 0.29) is 0 Å². The Morgan fingerprint density at radius 2 is 2.54 bits per heavy atom. The maximum Gasteiger partial charge on any atom is 0.114 e. The van der Waals surface area contributed by atoms with E-state index in [1.165, 1.54) is 10.5 Å². The van der Waals surface area contributed by atoms with Crippen molar-refractivity contribution in [3.05, 3.63) is 36.0 Å². The molecule has 1 N–H and O–H groups in total. The Labute approximate surface area is 80.5 Å². The molecule has 4 heteroatoms. The molecule has 2 aromatic heterocycles. The molecule has 68 valence electrons. The zero-order valence-corrected chi connectivity index (χ0v) is 8.10. The third-order valence-electron chi connectivity index (χ3n) is 1.76. The molecule has 0 radical (unpaired) electrons. The number of aromatic amines is 1. The van der Waals surface area contributed by atoms with Crippen LogP contribution in [0.25, 0.3) is 0 Å². The molecule has 0 fully saturated rings. The molecule has 0 aliphatic rings. The minimum absolute atomic E-state index is 0.927. The fraction of sp³-hybridized carbons (Fsp3) is 0.222. The highest BCUT2D eigenvalue weighted by molar-refractivity contribution is 7.98. The predicted octanol–water partition coefficient (Wildman–Crippen LogP) is 2.60. The van der Waals surface area contributed by atoms with Crippen molar-refractivity contribution < 1.29 is 4.42 Å². The molecular weight excluding hydrogens is 184 g/mol. The van der Waals surface area contributed by atoms with Crippen LogP contribution in [0, 0.1) is 6.92 Å². The monoisotopic (exact) mass is 194 g/mol. The summed E-state index contributed by atoms with van der Waals surface area (Å²) in [5.41, 5.74) is 1.20. The summed E-state index contributed by atoms with van der Waals surface area (Å²) in [6.07, 6.45) is 5.46. The average Bonchev–Trinajstić information content (AvgIpc) is 2.72. The van der Waals surface area contributed by atoms with E-state index in [0.29, 0.717) is 0 Å². The second-order valence-corrected chi connectivity index (χ2v) is 3.75. The van der Waals surface area contributed by atoms with Crippen LogP contribution < -0.4 is 0 Å². The van der Waals surface area contributed by atoms with E-state index in [9.17, 15) is 0 Å². The first-order chi connectivity index (χ1) is 6.36. The summed E-state index contributed by atoms with van der Waals surface area (Å²) >= 11 is 1.76. The molecule has 3 nitrogen and oxygen atoms in total. The van der Waals surface area contributed by atoms with Gasteiger partial charge in [0.05, 0.1) is 12.5 Å². The number of furan rings is 1. The summed E-state index contributed by atoms with van der Waals surface area (Å²) in [5.74, 6) is 1.91. The fourth-order valence-corrected chi connectivity index (χ4v) is 1.92. The van der Waals surface area contributed by atoms with E-state index in [1.807, 2.05) is 25.4 Å². The molecule has 0 unspecified atom stereocenters. The maximum atomic E-state index is 5.19. The number of aromatic nitrogens is 2. The van der Waals surface area contributed by atoms with Crippen LogP contribution in [0.15, 0.2) is 34.0 Å². The molecule has 0 bridgehead atoms. The van der Waals surface area contributed by atoms with Crippen LogP contribution in [0.4, 0.5) is 0 Å². The molecule has 2 aromatic rings. The fourth-order valence-electron chi connectivity index (χ4n) is 1.04. The van der Waals surface area contributed by atoms with E-state index in [1.54, 1.807) is 18.0 Å². The summed E-state index contributed by atoms with van der Waals surface area (Å²) in [6.45, 7) is 1.97. The lowest BCUT2D eigenvalue weighted by Crippen LogP contribution is -1.75. The Balaban J connectivity index is 1.97. The van der Waals surface area contributed by atoms with Crippen LogP contribution in [0.3, 0.4) is 0 Å². The molecular formula is C9H10N2OS. The lowest BCUT2D eigenvalue weighted by Gasteiger charge is -1.95. The SMILES string of the molecule is Cc1occc1SCc1cn[nH]c1. The van der Waals surface area contributed by atoms with Gasteiger partial charge in [-0.3, -0.25) is 5.10 Å². The zero-order chi connectivity index (χ0) is 9.10. The lowest BCUT2D eigenvalue weighted by atomic mass is 10.4. The van der Waals surface area contributed by atoms with Gasteiger partial charge in [0.2, 0.25) is 0 Å². The molecule has 2 heterocycles. The van der Waals surface area contributed by atoms with Gasteiger partial charge in [0, 0.05) is 22.4 Å². The molecule has 0 aromatic carbocycles. The minimum Gasteiger partial charge on any atom is -0.468 e. The summed E-state index contributed by atoms with van der Waals surface area (Å²) < 4.78 is 5.19. The van der Waals surface area contributed by atoms with Crippen LogP contribution in [0.5, 0.6) is 0 Å². The third kappa shape index (κ3) is 1.95. The summed E-state index contributed by atoms with van der Waals surface area (Å²) in [5, 5.41) is 6.67. The molecule has 0 spiro atoms. The van der Waals surface area contributed by atoms with Gasteiger partial charge in [-0.15, -0.1) is 11.8 Å². The van der Waals surface area contributed by atoms with Crippen LogP contribution in [-0.2, 0) is 5.75 Å². The predicted molar refractivity (Wildman–Crippen MR) is 51.6 cm³/mol. The number of hydrogen-bond acceptors (Lipinski definition) is 3. The Morgan fingerprint density at radius 3 is 3.15 bits per heavy atom. The lowest BCUT2D eigenvalue weighted by molar-refractivity contribution is 0.527. The standard InChI is InChI=1S/C9H10N2OS/c1-7-9(2-3-12-7)13-6-8-4-10-11-5-8/h2-5H,6H2,1H3,(H,10,11). The topological polar surface area (TPSA) is 41.8 Å². The van der Waals surface area contributed by atoms with Gasteiger partial charge in [-0.25, -0.2) is 0 Å². The van der Waals surface area contributed by atoms with Crippen molar-refractivity contribution >= 4 is 11.8 Å². The number of thioether (sulfide) groups is 1. The Bertz CT molecular complexity index is 367. The van der Waals surface area contributed by atoms with Gasteiger partial charge in [-0.1, -0.05) is 0 Å². The average molecular weight is 194 g/mol. The Hall–Kier alpha value is -1.16. The van der Waals surface area contributed by atoms with Gasteiger partial charge in [0.15, 0.2) is 0 Å². The highest BCUT2D eigenvalue weighted by atomic mass is 32.2. The van der Waals surface area contributed by atoms with Gasteiger partial charge in [0.25, 0.3) is 0 Å². The quantitative estimate of drug-likeness (QED) is 0.763. The molecule has 0 atom stereocenters. The van der Waals surface area contributed by atoms with Crippen LogP contribution in [-0.4, -0.2) is 10.2 Å². The molecule has 0 aliphatic carbocycles. The molecule has 2 rings (SSSR count). The van der Waals surface area contributed by atoms with E-state index in [2.05, 4.69) is 10.2 Å². The Kier molecular flexibility index (Phi) is 2.40. The smallest absolute Gasteiger partial charge is 0.114 e. The highest BCUT2D eigenvalue weighted by Gasteiger charge is 2.02. The van der Waals surface area contributed by atoms with Crippen molar-refractivity contribution in [1.82, 2.24) is 10.2 Å². The van der Waals surface area contributed by atoms with Crippen LogP contribution in [0.2, 0.25) is 0 Å². The van der Waals surface area contributed by atoms with Crippen LogP contribution in [0.1, 0.15) is 11.3 Å². The number of hydrogen-bond donors (Lipinski definition) is 1. The summed E-state index contributed by atoms with van der Waals surface area (Å²) in [6, 6.07) is 1.99. The van der Waals surface area contributed by atoms with Crippen molar-refractivity contribution in [2.24, 2.45) is 0 Å². The van der Waals surface area contributed by atoms with Crippen molar-refractivity contribution in [3.8, 4) is 0 Å². The van der Waals surface area contributed by atoms with Gasteiger partial charge < -0.3 is 4.42 Å². The van der Waals surface area contributed by atoms with E-state index >= 15 is 0 Å². The van der Waals surface area contributed by atoms with Crippen molar-refractivity contribution in [1.29, 1.82) is 0 Å². The molecule has 0 aliphatic heterocycles. The minimum atomic E-state index is 0.927. The number of nitrogens with zero attached hydrogens (tertiary/aromatic N) is 1. The number of rotatable bonds is 3. The van der Waals surface area contributed by atoms with Crippen molar-refractivity contribution in [2.45, 2.75) is 17.6 Å². The molecule has 0 saturated carbocycles. The van der Waals surface area contributed by atoms with E-state index < -0.39 is 0 Å². The van der Waals surface area contributed by atoms with E-state index in [0.717, 1.165) is 11.5 Å². The van der Waals surface area contributed by atoms with Gasteiger partial charge >= 0.3 is 0 Å². The molecule has 0 amide bonds. The Morgan fingerprint density at radius 1 is 1.62 bits per heavy atom. The van der Waals surface area contributed by atoms with Gasteiger partial charge in [-0.05, 0) is 13.0 Å². The van der Waals surface area contributed by atoms with Gasteiger partial charge in [-0.2, -0.15) is 5.10 Å². The van der Waals surface area contributed by atoms with Crippen molar-refractivity contribution in [3.63, 3.8) is 0 Å². The number of H-pyrrole nitrogens is 1. The molecule has 0 saturated heterocycles.